The van der Waals surface area contributed by atoms with E-state index < -0.39 is 7.75 Å². The highest BCUT2D eigenvalue weighted by Crippen LogP contribution is 2.29. The molecule has 0 aliphatic heterocycles. The standard InChI is InChI=1S/C2H7NO3P/c1-2-3-7(4,5)6/h2H2,1H3,(H2,4,5,6). The minimum Gasteiger partial charge on any atom is -0.312 e. The van der Waals surface area contributed by atoms with Crippen molar-refractivity contribution in [1.29, 1.82) is 0 Å². The summed E-state index contributed by atoms with van der Waals surface area (Å²) in [5, 5.41) is 2.92. The smallest absolute Gasteiger partial charge is 0.312 e. The van der Waals surface area contributed by atoms with Gasteiger partial charge in [-0.3, -0.25) is 0 Å². The van der Waals surface area contributed by atoms with Gasteiger partial charge >= 0.3 is 7.75 Å². The van der Waals surface area contributed by atoms with Gasteiger partial charge in [-0.2, -0.15) is 0 Å². The van der Waals surface area contributed by atoms with Crippen LogP contribution in [0.2, 0.25) is 0 Å². The Morgan fingerprint density at radius 2 is 2.14 bits per heavy atom. The summed E-state index contributed by atoms with van der Waals surface area (Å²) >= 11 is 0. The van der Waals surface area contributed by atoms with Gasteiger partial charge in [0.05, 0.1) is 0 Å². The van der Waals surface area contributed by atoms with Gasteiger partial charge in [-0.25, -0.2) is 4.57 Å². The molecule has 0 aromatic rings. The van der Waals surface area contributed by atoms with Gasteiger partial charge in [0.2, 0.25) is 0 Å². The van der Waals surface area contributed by atoms with Crippen molar-refractivity contribution in [1.82, 2.24) is 5.09 Å². The van der Waals surface area contributed by atoms with Crippen molar-refractivity contribution in [2.75, 3.05) is 6.54 Å². The summed E-state index contributed by atoms with van der Waals surface area (Å²) in [5.41, 5.74) is 0. The zero-order valence-electron chi connectivity index (χ0n) is 3.90. The van der Waals surface area contributed by atoms with Crippen molar-refractivity contribution >= 4 is 7.75 Å². The van der Waals surface area contributed by atoms with Crippen molar-refractivity contribution < 1.29 is 14.4 Å². The molecule has 0 aromatic carbocycles. The van der Waals surface area contributed by atoms with Crippen LogP contribution in [0.15, 0.2) is 0 Å². The minimum absolute atomic E-state index is 0.171. The van der Waals surface area contributed by atoms with Gasteiger partial charge in [-0.1, -0.05) is 6.92 Å². The largest absolute Gasteiger partial charge is 0.417 e. The van der Waals surface area contributed by atoms with Gasteiger partial charge in [0.25, 0.3) is 0 Å². The molecule has 0 unspecified atom stereocenters. The van der Waals surface area contributed by atoms with Gasteiger partial charge in [0.1, 0.15) is 0 Å². The fraction of sp³-hybridized carbons (Fsp3) is 1.00. The summed E-state index contributed by atoms with van der Waals surface area (Å²) in [6, 6.07) is 0. The minimum atomic E-state index is -4.04. The predicted molar refractivity (Wildman–Crippen MR) is 24.7 cm³/mol. The molecule has 0 fully saturated rings. The van der Waals surface area contributed by atoms with Crippen LogP contribution in [0, 0.1) is 0 Å². The van der Waals surface area contributed by atoms with Crippen LogP contribution in [0.4, 0.5) is 0 Å². The zero-order chi connectivity index (χ0) is 5.91. The van der Waals surface area contributed by atoms with Crippen LogP contribution in [0.1, 0.15) is 6.92 Å². The van der Waals surface area contributed by atoms with Crippen LogP contribution in [-0.4, -0.2) is 16.3 Å². The van der Waals surface area contributed by atoms with Crippen molar-refractivity contribution in [2.24, 2.45) is 0 Å². The predicted octanol–water partition coefficient (Wildman–Crippen LogP) is -0.297. The second-order valence-electron chi connectivity index (χ2n) is 0.971. The molecule has 0 rings (SSSR count). The Kier molecular flexibility index (Phi) is 2.46. The van der Waals surface area contributed by atoms with Crippen molar-refractivity contribution in [2.45, 2.75) is 6.92 Å². The summed E-state index contributed by atoms with van der Waals surface area (Å²) < 4.78 is 9.76. The Hall–Kier alpha value is 0.110. The number of rotatable bonds is 2. The monoisotopic (exact) mass is 124 g/mol. The van der Waals surface area contributed by atoms with E-state index in [-0.39, 0.29) is 6.54 Å². The van der Waals surface area contributed by atoms with Crippen LogP contribution >= 0.6 is 7.75 Å². The third-order valence-corrected chi connectivity index (χ3v) is 0.977. The van der Waals surface area contributed by atoms with E-state index in [1.165, 1.54) is 0 Å². The molecular formula is C2H7NO3P. The van der Waals surface area contributed by atoms with Gasteiger partial charge in [0.15, 0.2) is 0 Å². The molecule has 0 spiro atoms. The van der Waals surface area contributed by atoms with Crippen LogP contribution in [0.5, 0.6) is 0 Å². The molecule has 1 radical (unpaired) electrons. The Morgan fingerprint density at radius 1 is 1.71 bits per heavy atom. The summed E-state index contributed by atoms with van der Waals surface area (Å²) in [6.45, 7) is 1.74. The van der Waals surface area contributed by atoms with Crippen molar-refractivity contribution in [3.8, 4) is 0 Å². The molecule has 0 atom stereocenters. The van der Waals surface area contributed by atoms with E-state index in [1.54, 1.807) is 6.92 Å². The second kappa shape index (κ2) is 2.43. The lowest BCUT2D eigenvalue weighted by Crippen LogP contribution is -1.97. The lowest BCUT2D eigenvalue weighted by Gasteiger charge is -1.96. The first kappa shape index (κ1) is 7.11. The molecule has 0 heterocycles. The van der Waals surface area contributed by atoms with Crippen molar-refractivity contribution in [3.63, 3.8) is 0 Å². The molecule has 0 aliphatic carbocycles. The van der Waals surface area contributed by atoms with E-state index in [1.807, 2.05) is 0 Å². The molecule has 0 aliphatic rings. The molecule has 5 heteroatoms. The Bertz CT molecular complexity index is 86.9. The average Bonchev–Trinajstić information content (AvgIpc) is 1.30. The zero-order valence-corrected chi connectivity index (χ0v) is 4.80. The molecule has 2 N–H and O–H groups in total. The Balaban J connectivity index is 3.36. The fourth-order valence-corrected chi connectivity index (χ4v) is 0.553. The quantitative estimate of drug-likeness (QED) is 0.496. The van der Waals surface area contributed by atoms with Crippen LogP contribution in [-0.2, 0) is 4.57 Å². The fourth-order valence-electron chi connectivity index (χ4n) is 0.184. The van der Waals surface area contributed by atoms with Gasteiger partial charge < -0.3 is 9.79 Å². The van der Waals surface area contributed by atoms with E-state index in [4.69, 9.17) is 9.79 Å². The van der Waals surface area contributed by atoms with E-state index in [0.29, 0.717) is 0 Å². The Labute approximate surface area is 41.8 Å². The number of hydrogen-bond donors (Lipinski definition) is 2. The summed E-state index contributed by atoms with van der Waals surface area (Å²) in [7, 11) is -4.04. The maximum atomic E-state index is 9.76. The summed E-state index contributed by atoms with van der Waals surface area (Å²) in [6.07, 6.45) is 0. The maximum Gasteiger partial charge on any atom is 0.417 e. The highest BCUT2D eigenvalue weighted by Gasteiger charge is 2.09. The van der Waals surface area contributed by atoms with E-state index >= 15 is 0 Å². The normalized spacial score (nSPS) is 11.9. The van der Waals surface area contributed by atoms with E-state index in [2.05, 4.69) is 5.09 Å². The van der Waals surface area contributed by atoms with Crippen LogP contribution < -0.4 is 5.09 Å². The molecule has 7 heavy (non-hydrogen) atoms. The number of hydrogen-bond acceptors (Lipinski definition) is 1. The molecule has 4 nitrogen and oxygen atoms in total. The maximum absolute atomic E-state index is 9.76. The summed E-state index contributed by atoms with van der Waals surface area (Å²) in [5.74, 6) is 0. The first-order valence-electron chi connectivity index (χ1n) is 1.81. The topological polar surface area (TPSA) is 71.6 Å². The molecule has 0 amide bonds. The molecular weight excluding hydrogens is 117 g/mol. The van der Waals surface area contributed by atoms with Gasteiger partial charge in [0, 0.05) is 6.54 Å². The molecule has 0 aromatic heterocycles. The van der Waals surface area contributed by atoms with Gasteiger partial charge in [-0.15, -0.1) is 5.09 Å². The first-order valence-corrected chi connectivity index (χ1v) is 3.37. The molecule has 0 saturated carbocycles. The highest BCUT2D eigenvalue weighted by molar-refractivity contribution is 7.49. The van der Waals surface area contributed by atoms with Crippen molar-refractivity contribution in [3.05, 3.63) is 0 Å². The highest BCUT2D eigenvalue weighted by atomic mass is 31.2. The SMILES string of the molecule is CC[N]P(=O)(O)O. The second-order valence-corrected chi connectivity index (χ2v) is 2.28. The third kappa shape index (κ3) is 6.11. The van der Waals surface area contributed by atoms with E-state index in [9.17, 15) is 4.57 Å². The Morgan fingerprint density at radius 3 is 2.14 bits per heavy atom. The molecule has 43 valence electrons. The molecule has 0 saturated heterocycles. The number of nitrogens with zero attached hydrogens (tertiary/aromatic N) is 1. The lowest BCUT2D eigenvalue weighted by molar-refractivity contribution is 0.357. The first-order chi connectivity index (χ1) is 3.06. The van der Waals surface area contributed by atoms with E-state index in [0.717, 1.165) is 0 Å². The van der Waals surface area contributed by atoms with Gasteiger partial charge in [-0.05, 0) is 0 Å². The molecule has 0 bridgehead atoms. The average molecular weight is 124 g/mol. The van der Waals surface area contributed by atoms with Crippen LogP contribution in [0.3, 0.4) is 0 Å². The summed E-state index contributed by atoms with van der Waals surface area (Å²) in [4.78, 5) is 15.9. The van der Waals surface area contributed by atoms with Crippen LogP contribution in [0.25, 0.3) is 0 Å². The third-order valence-electron chi connectivity index (χ3n) is 0.326. The lowest BCUT2D eigenvalue weighted by atomic mass is 10.8.